The summed E-state index contributed by atoms with van der Waals surface area (Å²) in [5.74, 6) is -11.8. The maximum Gasteiger partial charge on any atom is 0.310 e. The van der Waals surface area contributed by atoms with Crippen molar-refractivity contribution >= 4 is 40.2 Å². The van der Waals surface area contributed by atoms with Crippen molar-refractivity contribution in [3.05, 3.63) is 48.3 Å². The summed E-state index contributed by atoms with van der Waals surface area (Å²) in [6.07, 6.45) is 0. The van der Waals surface area contributed by atoms with Crippen LogP contribution in [-0.4, -0.2) is 53.8 Å². The van der Waals surface area contributed by atoms with Gasteiger partial charge in [-0.3, -0.25) is 9.59 Å². The van der Waals surface area contributed by atoms with Crippen LogP contribution in [0.2, 0.25) is 0 Å². The molecular weight excluding hydrogens is 389 g/mol. The summed E-state index contributed by atoms with van der Waals surface area (Å²) in [5.41, 5.74) is 6.33. The Morgan fingerprint density at radius 3 is 2.03 bits per heavy atom. The van der Waals surface area contributed by atoms with E-state index in [2.05, 4.69) is 9.97 Å². The fraction of sp³-hybridized carbons (Fsp3) is 0.118. The van der Waals surface area contributed by atoms with E-state index in [0.717, 1.165) is 24.3 Å². The first-order chi connectivity index (χ1) is 13.5. The number of nitrogens with two attached hydrogens (primary N) is 1. The predicted molar refractivity (Wildman–Crippen MR) is 98.5 cm³/mol. The molecule has 0 fully saturated rings. The summed E-state index contributed by atoms with van der Waals surface area (Å²) in [7, 11) is 0. The van der Waals surface area contributed by atoms with Crippen LogP contribution in [0.5, 0.6) is 0 Å². The molecule has 11 nitrogen and oxygen atoms in total. The molecule has 12 heteroatoms. The number of carbonyl (C=O) groups excluding carboxylic acids is 2. The summed E-state index contributed by atoms with van der Waals surface area (Å²) in [6, 6.07) is 8.27. The molecule has 1 heterocycles. The molecule has 3 aromatic rings. The van der Waals surface area contributed by atoms with Gasteiger partial charge in [-0.05, 0) is 42.5 Å². The molecule has 0 saturated heterocycles. The van der Waals surface area contributed by atoms with Gasteiger partial charge in [-0.1, -0.05) is 0 Å². The van der Waals surface area contributed by atoms with Gasteiger partial charge >= 0.3 is 11.6 Å². The highest BCUT2D eigenvalue weighted by Crippen LogP contribution is 2.24. The number of H-pyrrole nitrogens is 1. The van der Waals surface area contributed by atoms with Crippen molar-refractivity contribution < 1.29 is 34.4 Å². The number of halogens is 1. The zero-order chi connectivity index (χ0) is 21.4. The smallest absolute Gasteiger partial charge is 0.310 e. The number of amides is 2. The summed E-state index contributed by atoms with van der Waals surface area (Å²) < 4.78 is 12.9. The van der Waals surface area contributed by atoms with Gasteiger partial charge in [0.25, 0.3) is 11.8 Å². The van der Waals surface area contributed by atoms with E-state index in [4.69, 9.17) is 5.73 Å². The van der Waals surface area contributed by atoms with E-state index in [9.17, 15) is 34.4 Å². The predicted octanol–water partition coefficient (Wildman–Crippen LogP) is -0.777. The minimum absolute atomic E-state index is 0.0216. The summed E-state index contributed by atoms with van der Waals surface area (Å²) >= 11 is 0. The van der Waals surface area contributed by atoms with Crippen molar-refractivity contribution in [2.75, 3.05) is 16.4 Å². The molecule has 1 aromatic heterocycles. The molecule has 9 N–H and O–H groups in total. The zero-order valence-corrected chi connectivity index (χ0v) is 14.5. The van der Waals surface area contributed by atoms with E-state index in [1.54, 1.807) is 0 Å². The number of aromatic amines is 1. The number of nitrogens with one attached hydrogen (secondary N) is 3. The van der Waals surface area contributed by atoms with Crippen molar-refractivity contribution in [1.82, 2.24) is 9.97 Å². The van der Waals surface area contributed by atoms with E-state index in [0.29, 0.717) is 11.0 Å². The topological polar surface area (TPSA) is 194 Å². The maximum absolute atomic E-state index is 12.9. The Bertz CT molecular complexity index is 1080. The number of aliphatic hydroxyl groups is 4. The summed E-state index contributed by atoms with van der Waals surface area (Å²) in [5, 5.41) is 43.7. The van der Waals surface area contributed by atoms with Crippen molar-refractivity contribution in [1.29, 1.82) is 0 Å². The highest BCUT2D eigenvalue weighted by molar-refractivity contribution is 6.05. The van der Waals surface area contributed by atoms with Gasteiger partial charge in [-0.25, -0.2) is 9.37 Å². The Kier molecular flexibility index (Phi) is 4.94. The molecule has 152 valence electrons. The third-order valence-electron chi connectivity index (χ3n) is 3.98. The van der Waals surface area contributed by atoms with E-state index in [1.807, 2.05) is 10.6 Å². The van der Waals surface area contributed by atoms with Gasteiger partial charge in [0.2, 0.25) is 0 Å². The van der Waals surface area contributed by atoms with Gasteiger partial charge in [0.15, 0.2) is 5.95 Å². The Morgan fingerprint density at radius 2 is 1.45 bits per heavy atom. The number of anilines is 3. The lowest BCUT2D eigenvalue weighted by Gasteiger charge is -2.32. The number of carbonyl (C=O) groups is 2. The van der Waals surface area contributed by atoms with Crippen LogP contribution >= 0.6 is 0 Å². The van der Waals surface area contributed by atoms with Gasteiger partial charge < -0.3 is 41.8 Å². The molecule has 0 spiro atoms. The number of hydrogen-bond acceptors (Lipinski definition) is 8. The van der Waals surface area contributed by atoms with E-state index in [-0.39, 0.29) is 17.3 Å². The number of imidazole rings is 1. The molecule has 29 heavy (non-hydrogen) atoms. The second-order valence-electron chi connectivity index (χ2n) is 6.11. The van der Waals surface area contributed by atoms with Gasteiger partial charge in [0, 0.05) is 11.4 Å². The summed E-state index contributed by atoms with van der Waals surface area (Å²) in [4.78, 5) is 30.9. The van der Waals surface area contributed by atoms with Crippen LogP contribution in [-0.2, 0) is 9.59 Å². The van der Waals surface area contributed by atoms with Gasteiger partial charge in [0.1, 0.15) is 5.82 Å². The van der Waals surface area contributed by atoms with E-state index >= 15 is 0 Å². The molecule has 0 aliphatic heterocycles. The second-order valence-corrected chi connectivity index (χ2v) is 6.11. The Labute approximate surface area is 161 Å². The molecule has 0 aliphatic rings. The average Bonchev–Trinajstić information content (AvgIpc) is 3.02. The SMILES string of the molecule is Nc1nc2ccc(NC(=O)C(O)(O)C(O)(O)C(=O)Nc3ccc(F)cc3)cc2[nH]1. The lowest BCUT2D eigenvalue weighted by atomic mass is 10.0. The van der Waals surface area contributed by atoms with Gasteiger partial charge in [-0.2, -0.15) is 0 Å². The average molecular weight is 405 g/mol. The number of fused-ring (bicyclic) bond motifs is 1. The van der Waals surface area contributed by atoms with Crippen molar-refractivity contribution in [3.8, 4) is 0 Å². The first-order valence-electron chi connectivity index (χ1n) is 8.04. The van der Waals surface area contributed by atoms with Crippen LogP contribution in [0.25, 0.3) is 11.0 Å². The quantitative estimate of drug-likeness (QED) is 0.253. The highest BCUT2D eigenvalue weighted by atomic mass is 19.1. The molecule has 0 radical (unpaired) electrons. The fourth-order valence-corrected chi connectivity index (χ4v) is 2.39. The molecule has 0 saturated carbocycles. The number of aromatic nitrogens is 2. The van der Waals surface area contributed by atoms with Crippen LogP contribution in [0.15, 0.2) is 42.5 Å². The molecule has 0 aliphatic carbocycles. The fourth-order valence-electron chi connectivity index (χ4n) is 2.39. The van der Waals surface area contributed by atoms with Gasteiger partial charge in [0.05, 0.1) is 11.0 Å². The molecule has 2 aromatic carbocycles. The standard InChI is InChI=1S/C17H16FN5O6/c18-8-1-3-9(4-2-8)20-13(24)16(26,27)17(28,29)14(25)21-10-5-6-11-12(7-10)23-15(19)22-11/h1-7,26-29H,(H,20,24)(H,21,25)(H3,19,22,23). The van der Waals surface area contributed by atoms with Crippen LogP contribution in [0.4, 0.5) is 21.7 Å². The van der Waals surface area contributed by atoms with Crippen molar-refractivity contribution in [2.24, 2.45) is 0 Å². The minimum Gasteiger partial charge on any atom is -0.369 e. The number of benzene rings is 2. The molecule has 0 atom stereocenters. The third-order valence-corrected chi connectivity index (χ3v) is 3.98. The van der Waals surface area contributed by atoms with Crippen molar-refractivity contribution in [2.45, 2.75) is 11.6 Å². The first-order valence-corrected chi connectivity index (χ1v) is 8.04. The van der Waals surface area contributed by atoms with E-state index < -0.39 is 29.2 Å². The van der Waals surface area contributed by atoms with Crippen LogP contribution in [0.3, 0.4) is 0 Å². The highest BCUT2D eigenvalue weighted by Gasteiger charge is 2.59. The number of nitrogen functional groups attached to an aromatic ring is 1. The number of nitrogens with zero attached hydrogens (tertiary/aromatic N) is 1. The Hall–Kier alpha value is -3.58. The third kappa shape index (κ3) is 3.86. The Balaban J connectivity index is 1.77. The molecule has 0 unspecified atom stereocenters. The lowest BCUT2D eigenvalue weighted by Crippen LogP contribution is -2.66. The molecule has 3 rings (SSSR count). The van der Waals surface area contributed by atoms with Crippen molar-refractivity contribution in [3.63, 3.8) is 0 Å². The van der Waals surface area contributed by atoms with Crippen LogP contribution in [0.1, 0.15) is 0 Å². The molecule has 0 bridgehead atoms. The van der Waals surface area contributed by atoms with Crippen LogP contribution in [0, 0.1) is 5.82 Å². The van der Waals surface area contributed by atoms with Crippen LogP contribution < -0.4 is 16.4 Å². The number of hydrogen-bond donors (Lipinski definition) is 8. The van der Waals surface area contributed by atoms with Gasteiger partial charge in [-0.15, -0.1) is 0 Å². The molecule has 2 amide bonds. The van der Waals surface area contributed by atoms with E-state index in [1.165, 1.54) is 18.2 Å². The number of rotatable bonds is 5. The largest absolute Gasteiger partial charge is 0.369 e. The first kappa shape index (κ1) is 20.2. The monoisotopic (exact) mass is 405 g/mol. The normalized spacial score (nSPS) is 12.0. The molecular formula is C17H16FN5O6. The Morgan fingerprint density at radius 1 is 0.931 bits per heavy atom. The second kappa shape index (κ2) is 7.10. The maximum atomic E-state index is 12.9. The minimum atomic E-state index is -3.95. The zero-order valence-electron chi connectivity index (χ0n) is 14.5. The lowest BCUT2D eigenvalue weighted by molar-refractivity contribution is -0.315. The summed E-state index contributed by atoms with van der Waals surface area (Å²) in [6.45, 7) is 0.